The molecule has 0 aliphatic carbocycles. The lowest BCUT2D eigenvalue weighted by atomic mass is 9.91. The summed E-state index contributed by atoms with van der Waals surface area (Å²) in [4.78, 5) is 26.6. The van der Waals surface area contributed by atoms with Gasteiger partial charge in [-0.25, -0.2) is 14.4 Å². The molecular weight excluding hydrogens is 381 g/mol. The zero-order valence-electron chi connectivity index (χ0n) is 17.7. The highest BCUT2D eigenvalue weighted by atomic mass is 19.1. The van der Waals surface area contributed by atoms with Crippen molar-refractivity contribution in [3.8, 4) is 0 Å². The average Bonchev–Trinajstić information content (AvgIpc) is 3.40. The first-order valence-corrected chi connectivity index (χ1v) is 10.9. The number of nitrogens with zero attached hydrogens (tertiary/aromatic N) is 4. The van der Waals surface area contributed by atoms with Crippen LogP contribution in [0.3, 0.4) is 0 Å². The van der Waals surface area contributed by atoms with Crippen molar-refractivity contribution < 1.29 is 9.18 Å². The van der Waals surface area contributed by atoms with Crippen molar-refractivity contribution in [2.24, 2.45) is 5.92 Å². The number of halogens is 1. The second-order valence-electron chi connectivity index (χ2n) is 8.64. The maximum Gasteiger partial charge on any atom is 0.225 e. The van der Waals surface area contributed by atoms with Crippen LogP contribution in [0.15, 0.2) is 36.5 Å². The molecule has 3 heterocycles. The molecular formula is C23H30FN5O. The van der Waals surface area contributed by atoms with Gasteiger partial charge in [0.05, 0.1) is 11.6 Å². The van der Waals surface area contributed by atoms with Crippen molar-refractivity contribution in [1.82, 2.24) is 20.2 Å². The van der Waals surface area contributed by atoms with E-state index in [1.165, 1.54) is 6.07 Å². The number of aromatic nitrogens is 2. The Morgan fingerprint density at radius 3 is 2.70 bits per heavy atom. The second-order valence-corrected chi connectivity index (χ2v) is 8.64. The summed E-state index contributed by atoms with van der Waals surface area (Å²) in [7, 11) is 0. The smallest absolute Gasteiger partial charge is 0.225 e. The van der Waals surface area contributed by atoms with Gasteiger partial charge < -0.3 is 10.2 Å². The number of anilines is 1. The minimum Gasteiger partial charge on any atom is -0.354 e. The lowest BCUT2D eigenvalue weighted by Gasteiger charge is -2.21. The molecule has 7 heteroatoms. The molecule has 1 amide bonds. The summed E-state index contributed by atoms with van der Waals surface area (Å²) in [6.07, 6.45) is 4.12. The Labute approximate surface area is 177 Å². The van der Waals surface area contributed by atoms with Crippen LogP contribution in [-0.4, -0.2) is 53.0 Å². The largest absolute Gasteiger partial charge is 0.354 e. The number of likely N-dealkylation sites (tertiary alicyclic amines) is 1. The van der Waals surface area contributed by atoms with Gasteiger partial charge in [-0.05, 0) is 38.8 Å². The summed E-state index contributed by atoms with van der Waals surface area (Å²) < 4.78 is 14.2. The van der Waals surface area contributed by atoms with Gasteiger partial charge in [0.2, 0.25) is 11.9 Å². The maximum absolute atomic E-state index is 14.2. The van der Waals surface area contributed by atoms with Gasteiger partial charge >= 0.3 is 0 Å². The molecule has 2 fully saturated rings. The molecule has 4 rings (SSSR count). The van der Waals surface area contributed by atoms with Crippen LogP contribution >= 0.6 is 0 Å². The predicted octanol–water partition coefficient (Wildman–Crippen LogP) is 2.96. The predicted molar refractivity (Wildman–Crippen MR) is 115 cm³/mol. The van der Waals surface area contributed by atoms with Gasteiger partial charge in [-0.3, -0.25) is 9.69 Å². The molecule has 0 unspecified atom stereocenters. The topological polar surface area (TPSA) is 61.4 Å². The number of rotatable bonds is 6. The summed E-state index contributed by atoms with van der Waals surface area (Å²) in [5.41, 5.74) is 1.55. The fraction of sp³-hybridized carbons (Fsp3) is 0.522. The molecule has 2 aliphatic heterocycles. The third kappa shape index (κ3) is 4.61. The van der Waals surface area contributed by atoms with E-state index in [0.717, 1.165) is 37.6 Å². The standard InChI is InChI=1S/C23H30FN5O/c1-16(2)26-22(30)19-15-28(13-17-7-3-4-8-20(17)24)14-18(19)21-9-10-25-23(27-21)29-11-5-6-12-29/h3-4,7-10,16,18-19H,5-6,11-15H2,1-2H3,(H,26,30)/t18-,19-/m0/s1. The summed E-state index contributed by atoms with van der Waals surface area (Å²) >= 11 is 0. The van der Waals surface area contributed by atoms with E-state index in [1.807, 2.05) is 32.0 Å². The van der Waals surface area contributed by atoms with Crippen LogP contribution in [0.4, 0.5) is 10.3 Å². The molecule has 2 saturated heterocycles. The van der Waals surface area contributed by atoms with Gasteiger partial charge in [0.15, 0.2) is 0 Å². The van der Waals surface area contributed by atoms with Crippen LogP contribution in [-0.2, 0) is 11.3 Å². The minimum atomic E-state index is -0.222. The van der Waals surface area contributed by atoms with Gasteiger partial charge in [-0.2, -0.15) is 0 Å². The summed E-state index contributed by atoms with van der Waals surface area (Å²) in [6.45, 7) is 7.63. The van der Waals surface area contributed by atoms with Gasteiger partial charge in [0.1, 0.15) is 5.82 Å². The lowest BCUT2D eigenvalue weighted by molar-refractivity contribution is -0.125. The molecule has 2 aliphatic rings. The van der Waals surface area contributed by atoms with Crippen molar-refractivity contribution in [2.75, 3.05) is 31.1 Å². The van der Waals surface area contributed by atoms with Crippen LogP contribution in [0.1, 0.15) is 43.9 Å². The average molecular weight is 412 g/mol. The van der Waals surface area contributed by atoms with E-state index in [2.05, 4.69) is 20.1 Å². The van der Waals surface area contributed by atoms with Crippen LogP contribution in [0.2, 0.25) is 0 Å². The number of hydrogen-bond donors (Lipinski definition) is 1. The van der Waals surface area contributed by atoms with Crippen molar-refractivity contribution >= 4 is 11.9 Å². The Morgan fingerprint density at radius 2 is 1.97 bits per heavy atom. The maximum atomic E-state index is 14.2. The second kappa shape index (κ2) is 9.08. The molecule has 2 aromatic rings. The molecule has 30 heavy (non-hydrogen) atoms. The molecule has 0 spiro atoms. The third-order valence-corrected chi connectivity index (χ3v) is 5.95. The minimum absolute atomic E-state index is 0.0346. The van der Waals surface area contributed by atoms with Gasteiger partial charge in [-0.1, -0.05) is 18.2 Å². The first-order valence-electron chi connectivity index (χ1n) is 10.9. The Morgan fingerprint density at radius 1 is 1.20 bits per heavy atom. The van der Waals surface area contributed by atoms with Crippen molar-refractivity contribution in [2.45, 2.75) is 45.2 Å². The van der Waals surface area contributed by atoms with E-state index in [-0.39, 0.29) is 29.6 Å². The van der Waals surface area contributed by atoms with E-state index in [9.17, 15) is 9.18 Å². The number of carbonyl (C=O) groups is 1. The molecule has 0 saturated carbocycles. The van der Waals surface area contributed by atoms with Gasteiger partial charge in [-0.15, -0.1) is 0 Å². The van der Waals surface area contributed by atoms with E-state index >= 15 is 0 Å². The highest BCUT2D eigenvalue weighted by Crippen LogP contribution is 2.34. The fourth-order valence-electron chi connectivity index (χ4n) is 4.48. The van der Waals surface area contributed by atoms with Gasteiger partial charge in [0, 0.05) is 56.4 Å². The molecule has 1 aromatic carbocycles. The summed E-state index contributed by atoms with van der Waals surface area (Å²) in [5, 5.41) is 3.06. The van der Waals surface area contributed by atoms with Crippen molar-refractivity contribution in [3.63, 3.8) is 0 Å². The molecule has 0 bridgehead atoms. The first-order chi connectivity index (χ1) is 14.5. The molecule has 1 N–H and O–H groups in total. The number of carbonyl (C=O) groups excluding carboxylic acids is 1. The lowest BCUT2D eigenvalue weighted by Crippen LogP contribution is -2.38. The Hall–Kier alpha value is -2.54. The zero-order valence-corrected chi connectivity index (χ0v) is 17.7. The molecule has 0 radical (unpaired) electrons. The van der Waals surface area contributed by atoms with Crippen LogP contribution in [0, 0.1) is 11.7 Å². The Balaban J connectivity index is 1.57. The number of amides is 1. The summed E-state index contributed by atoms with van der Waals surface area (Å²) in [5.74, 6) is 0.316. The van der Waals surface area contributed by atoms with Crippen molar-refractivity contribution in [3.05, 3.63) is 53.6 Å². The van der Waals surface area contributed by atoms with E-state index in [0.29, 0.717) is 25.2 Å². The van der Waals surface area contributed by atoms with E-state index in [4.69, 9.17) is 4.98 Å². The first kappa shape index (κ1) is 20.7. The zero-order chi connectivity index (χ0) is 21.1. The van der Waals surface area contributed by atoms with Crippen LogP contribution in [0.5, 0.6) is 0 Å². The fourth-order valence-corrected chi connectivity index (χ4v) is 4.48. The van der Waals surface area contributed by atoms with Crippen molar-refractivity contribution in [1.29, 1.82) is 0 Å². The highest BCUT2D eigenvalue weighted by Gasteiger charge is 2.39. The SMILES string of the molecule is CC(C)NC(=O)[C@H]1CN(Cc2ccccc2F)C[C@@H]1c1ccnc(N2CCCC2)n1. The number of nitrogens with one attached hydrogen (secondary N) is 1. The third-order valence-electron chi connectivity index (χ3n) is 5.95. The normalized spacial score (nSPS) is 22.1. The van der Waals surface area contributed by atoms with E-state index < -0.39 is 0 Å². The number of hydrogen-bond acceptors (Lipinski definition) is 5. The Bertz CT molecular complexity index is 883. The van der Waals surface area contributed by atoms with E-state index in [1.54, 1.807) is 12.3 Å². The van der Waals surface area contributed by atoms with Gasteiger partial charge in [0.25, 0.3) is 0 Å². The molecule has 160 valence electrons. The molecule has 2 atom stereocenters. The molecule has 6 nitrogen and oxygen atoms in total. The monoisotopic (exact) mass is 411 g/mol. The summed E-state index contributed by atoms with van der Waals surface area (Å²) in [6, 6.07) is 8.84. The highest BCUT2D eigenvalue weighted by molar-refractivity contribution is 5.80. The molecule has 1 aromatic heterocycles. The Kier molecular flexibility index (Phi) is 6.27. The quantitative estimate of drug-likeness (QED) is 0.792. The number of benzene rings is 1. The van der Waals surface area contributed by atoms with Crippen LogP contribution < -0.4 is 10.2 Å². The van der Waals surface area contributed by atoms with Crippen LogP contribution in [0.25, 0.3) is 0 Å².